The predicted octanol–water partition coefficient (Wildman–Crippen LogP) is 1.42. The molecule has 24 heavy (non-hydrogen) atoms. The van der Waals surface area contributed by atoms with Crippen LogP contribution in [0.5, 0.6) is 0 Å². The van der Waals surface area contributed by atoms with E-state index in [2.05, 4.69) is 15.4 Å². The zero-order valence-corrected chi connectivity index (χ0v) is 13.9. The molecule has 7 nitrogen and oxygen atoms in total. The minimum Gasteiger partial charge on any atom is -0.381 e. The number of halogens is 1. The van der Waals surface area contributed by atoms with Gasteiger partial charge in [-0.1, -0.05) is 0 Å². The molecule has 3 rings (SSSR count). The van der Waals surface area contributed by atoms with Crippen LogP contribution in [0.3, 0.4) is 0 Å². The maximum atomic E-state index is 13.9. The number of anilines is 1. The summed E-state index contributed by atoms with van der Waals surface area (Å²) in [5.74, 6) is -0.570. The largest absolute Gasteiger partial charge is 0.381 e. The summed E-state index contributed by atoms with van der Waals surface area (Å²) in [7, 11) is -3.92. The summed E-state index contributed by atoms with van der Waals surface area (Å²) in [6.07, 6.45) is 2.41. The lowest BCUT2D eigenvalue weighted by Crippen LogP contribution is -2.33. The van der Waals surface area contributed by atoms with Crippen LogP contribution in [-0.4, -0.2) is 40.2 Å². The van der Waals surface area contributed by atoms with Crippen molar-refractivity contribution in [3.63, 3.8) is 0 Å². The Morgan fingerprint density at radius 2 is 2.08 bits per heavy atom. The highest BCUT2D eigenvalue weighted by Gasteiger charge is 2.30. The van der Waals surface area contributed by atoms with Gasteiger partial charge in [0.15, 0.2) is 0 Å². The van der Waals surface area contributed by atoms with Gasteiger partial charge in [-0.2, -0.15) is 0 Å². The summed E-state index contributed by atoms with van der Waals surface area (Å²) in [5.41, 5.74) is 0.216. The highest BCUT2D eigenvalue weighted by Crippen LogP contribution is 2.25. The van der Waals surface area contributed by atoms with Gasteiger partial charge in [0, 0.05) is 30.8 Å². The number of hydrogen-bond acceptors (Lipinski definition) is 4. The SMILES string of the molecule is O=C(NC[C@H]1CCOC1)Nc1ccc(F)c(S(=O)(=O)NC2CC2)c1. The second kappa shape index (κ2) is 7.04. The lowest BCUT2D eigenvalue weighted by Gasteiger charge is -2.12. The smallest absolute Gasteiger partial charge is 0.319 e. The first-order chi connectivity index (χ1) is 11.4. The molecule has 2 aliphatic rings. The van der Waals surface area contributed by atoms with Crippen molar-refractivity contribution in [3.05, 3.63) is 24.0 Å². The van der Waals surface area contributed by atoms with E-state index in [-0.39, 0.29) is 17.6 Å². The van der Waals surface area contributed by atoms with E-state index in [0.29, 0.717) is 19.8 Å². The Bertz CT molecular complexity index is 715. The van der Waals surface area contributed by atoms with Crippen LogP contribution >= 0.6 is 0 Å². The number of nitrogens with one attached hydrogen (secondary N) is 3. The molecule has 1 atom stereocenters. The maximum Gasteiger partial charge on any atom is 0.319 e. The van der Waals surface area contributed by atoms with Gasteiger partial charge in [-0.05, 0) is 37.5 Å². The number of hydrogen-bond donors (Lipinski definition) is 3. The Kier molecular flexibility index (Phi) is 5.02. The number of rotatable bonds is 6. The lowest BCUT2D eigenvalue weighted by molar-refractivity contribution is 0.185. The molecule has 1 saturated heterocycles. The topological polar surface area (TPSA) is 96.5 Å². The Morgan fingerprint density at radius 1 is 1.29 bits per heavy atom. The van der Waals surface area contributed by atoms with E-state index >= 15 is 0 Å². The van der Waals surface area contributed by atoms with Crippen LogP contribution in [0.4, 0.5) is 14.9 Å². The fourth-order valence-corrected chi connectivity index (χ4v) is 3.84. The van der Waals surface area contributed by atoms with Crippen molar-refractivity contribution in [3.8, 4) is 0 Å². The zero-order valence-electron chi connectivity index (χ0n) is 13.0. The van der Waals surface area contributed by atoms with Gasteiger partial charge in [0.05, 0.1) is 6.61 Å². The summed E-state index contributed by atoms with van der Waals surface area (Å²) in [6, 6.07) is 2.89. The van der Waals surface area contributed by atoms with E-state index in [1.807, 2.05) is 0 Å². The molecule has 1 aromatic carbocycles. The van der Waals surface area contributed by atoms with Crippen LogP contribution in [-0.2, 0) is 14.8 Å². The van der Waals surface area contributed by atoms with Crippen LogP contribution in [0.15, 0.2) is 23.1 Å². The van der Waals surface area contributed by atoms with Gasteiger partial charge in [0.25, 0.3) is 0 Å². The van der Waals surface area contributed by atoms with Crippen LogP contribution in [0.25, 0.3) is 0 Å². The molecular formula is C15H20FN3O4S. The molecule has 2 amide bonds. The minimum absolute atomic E-state index is 0.122. The number of ether oxygens (including phenoxy) is 1. The molecule has 1 heterocycles. The third-order valence-corrected chi connectivity index (χ3v) is 5.49. The summed E-state index contributed by atoms with van der Waals surface area (Å²) in [4.78, 5) is 11.4. The van der Waals surface area contributed by atoms with Gasteiger partial charge in [-0.25, -0.2) is 22.3 Å². The third-order valence-electron chi connectivity index (χ3n) is 3.95. The normalized spacial score (nSPS) is 20.8. The lowest BCUT2D eigenvalue weighted by atomic mass is 10.1. The first-order valence-electron chi connectivity index (χ1n) is 7.88. The fraction of sp³-hybridized carbons (Fsp3) is 0.533. The summed E-state index contributed by atoms with van der Waals surface area (Å²) in [5, 5.41) is 5.22. The Balaban J connectivity index is 1.63. The maximum absolute atomic E-state index is 13.9. The molecule has 2 fully saturated rings. The molecule has 1 aliphatic heterocycles. The third kappa shape index (κ3) is 4.43. The molecule has 9 heteroatoms. The Morgan fingerprint density at radius 3 is 2.75 bits per heavy atom. The van der Waals surface area contributed by atoms with E-state index in [9.17, 15) is 17.6 Å². The molecule has 0 aromatic heterocycles. The van der Waals surface area contributed by atoms with Crippen molar-refractivity contribution in [2.45, 2.75) is 30.2 Å². The van der Waals surface area contributed by atoms with Crippen LogP contribution < -0.4 is 15.4 Å². The monoisotopic (exact) mass is 357 g/mol. The van der Waals surface area contributed by atoms with Gasteiger partial charge in [-0.15, -0.1) is 0 Å². The molecule has 3 N–H and O–H groups in total. The molecule has 1 saturated carbocycles. The average Bonchev–Trinajstić information content (AvgIpc) is 3.17. The van der Waals surface area contributed by atoms with Gasteiger partial charge < -0.3 is 15.4 Å². The Labute approximate surface area is 140 Å². The van der Waals surface area contributed by atoms with Crippen molar-refractivity contribution >= 4 is 21.7 Å². The molecule has 0 bridgehead atoms. The molecule has 1 aromatic rings. The number of carbonyl (C=O) groups is 1. The zero-order chi connectivity index (χ0) is 17.2. The summed E-state index contributed by atoms with van der Waals surface area (Å²) < 4.78 is 45.8. The van der Waals surface area contributed by atoms with Gasteiger partial charge >= 0.3 is 6.03 Å². The van der Waals surface area contributed by atoms with E-state index in [1.54, 1.807) is 0 Å². The predicted molar refractivity (Wildman–Crippen MR) is 85.7 cm³/mol. The summed E-state index contributed by atoms with van der Waals surface area (Å²) in [6.45, 7) is 1.79. The highest BCUT2D eigenvalue weighted by molar-refractivity contribution is 7.89. The highest BCUT2D eigenvalue weighted by atomic mass is 32.2. The van der Waals surface area contributed by atoms with E-state index < -0.39 is 26.8 Å². The first-order valence-corrected chi connectivity index (χ1v) is 9.37. The Hall–Kier alpha value is -1.71. The molecular weight excluding hydrogens is 337 g/mol. The van der Waals surface area contributed by atoms with Crippen molar-refractivity contribution < 1.29 is 22.3 Å². The standard InChI is InChI=1S/C15H20FN3O4S/c16-13-4-3-12(7-14(13)24(21,22)19-11-1-2-11)18-15(20)17-8-10-5-6-23-9-10/h3-4,7,10-11,19H,1-2,5-6,8-9H2,(H2,17,18,20)/t10-/m1/s1. The summed E-state index contributed by atoms with van der Waals surface area (Å²) >= 11 is 0. The average molecular weight is 357 g/mol. The van der Waals surface area contributed by atoms with Crippen LogP contribution in [0.2, 0.25) is 0 Å². The van der Waals surface area contributed by atoms with Crippen molar-refractivity contribution in [1.82, 2.24) is 10.0 Å². The van der Waals surface area contributed by atoms with E-state index in [1.165, 1.54) is 6.07 Å². The number of urea groups is 1. The van der Waals surface area contributed by atoms with E-state index in [4.69, 9.17) is 4.74 Å². The molecule has 1 aliphatic carbocycles. The van der Waals surface area contributed by atoms with Crippen LogP contribution in [0.1, 0.15) is 19.3 Å². The van der Waals surface area contributed by atoms with Crippen molar-refractivity contribution in [1.29, 1.82) is 0 Å². The quantitative estimate of drug-likeness (QED) is 0.717. The first kappa shape index (κ1) is 17.1. The number of sulfonamides is 1. The molecule has 0 spiro atoms. The van der Waals surface area contributed by atoms with Crippen LogP contribution in [0, 0.1) is 11.7 Å². The van der Waals surface area contributed by atoms with Crippen molar-refractivity contribution in [2.24, 2.45) is 5.92 Å². The molecule has 132 valence electrons. The van der Waals surface area contributed by atoms with Gasteiger partial charge in [0.1, 0.15) is 10.7 Å². The number of benzene rings is 1. The number of carbonyl (C=O) groups excluding carboxylic acids is 1. The van der Waals surface area contributed by atoms with Crippen molar-refractivity contribution in [2.75, 3.05) is 25.1 Å². The number of amides is 2. The van der Waals surface area contributed by atoms with Gasteiger partial charge in [-0.3, -0.25) is 0 Å². The fourth-order valence-electron chi connectivity index (χ4n) is 2.43. The minimum atomic E-state index is -3.92. The van der Waals surface area contributed by atoms with Gasteiger partial charge in [0.2, 0.25) is 10.0 Å². The van der Waals surface area contributed by atoms with E-state index in [0.717, 1.165) is 31.4 Å². The molecule has 0 unspecified atom stereocenters. The second-order valence-electron chi connectivity index (χ2n) is 6.11. The second-order valence-corrected chi connectivity index (χ2v) is 7.79. The molecule has 0 radical (unpaired) electrons.